The molecule has 0 saturated carbocycles. The minimum atomic E-state index is 0.565. The Morgan fingerprint density at radius 1 is 0.471 bits per heavy atom. The van der Waals surface area contributed by atoms with Crippen LogP contribution in [0.25, 0.3) is 24.3 Å². The lowest BCUT2D eigenvalue weighted by atomic mass is 10.1. The predicted octanol–water partition coefficient (Wildman–Crippen LogP) is 7.66. The zero-order valence-electron chi connectivity index (χ0n) is 31.9. The molecule has 2 aromatic carbocycles. The van der Waals surface area contributed by atoms with Gasteiger partial charge in [0.1, 0.15) is 13.2 Å². The van der Waals surface area contributed by atoms with E-state index in [1.165, 1.54) is 44.8 Å². The van der Waals surface area contributed by atoms with Crippen LogP contribution in [0.1, 0.15) is 61.1 Å². The molecule has 0 spiro atoms. The van der Waals surface area contributed by atoms with E-state index in [-0.39, 0.29) is 0 Å². The fourth-order valence-electron chi connectivity index (χ4n) is 6.02. The Morgan fingerprint density at radius 2 is 0.824 bits per heavy atom. The maximum Gasteiger partial charge on any atom is 0.172 e. The van der Waals surface area contributed by atoms with Crippen LogP contribution in [0.15, 0.2) is 85.5 Å². The van der Waals surface area contributed by atoms with Crippen molar-refractivity contribution >= 4 is 35.7 Å². The highest BCUT2D eigenvalue weighted by atomic mass is 16.5. The molecular weight excluding hydrogens is 633 g/mol. The molecule has 0 saturated heterocycles. The molecule has 7 heteroatoms. The van der Waals surface area contributed by atoms with Crippen LogP contribution in [0.3, 0.4) is 0 Å². The summed E-state index contributed by atoms with van der Waals surface area (Å²) >= 11 is 0. The first-order chi connectivity index (χ1) is 24.9. The van der Waals surface area contributed by atoms with Crippen LogP contribution in [0, 0.1) is 13.8 Å². The van der Waals surface area contributed by atoms with E-state index >= 15 is 0 Å². The van der Waals surface area contributed by atoms with E-state index in [1.807, 2.05) is 0 Å². The maximum absolute atomic E-state index is 5.81. The molecule has 0 fully saturated rings. The van der Waals surface area contributed by atoms with Crippen LogP contribution < -0.4 is 18.9 Å². The van der Waals surface area contributed by atoms with Crippen molar-refractivity contribution in [1.82, 2.24) is 0 Å². The number of benzene rings is 2. The second kappa shape index (κ2) is 21.8. The molecule has 2 aromatic heterocycles. The van der Waals surface area contributed by atoms with Gasteiger partial charge in [-0.2, -0.15) is 0 Å². The summed E-state index contributed by atoms with van der Waals surface area (Å²) in [6.07, 6.45) is 17.3. The van der Waals surface area contributed by atoms with Gasteiger partial charge < -0.3 is 24.0 Å². The van der Waals surface area contributed by atoms with Crippen molar-refractivity contribution in [2.75, 3.05) is 75.6 Å². The fraction of sp³-hybridized carbons (Fsp3) is 0.409. The van der Waals surface area contributed by atoms with Gasteiger partial charge in [-0.05, 0) is 88.1 Å². The van der Waals surface area contributed by atoms with Crippen LogP contribution >= 0.6 is 0 Å². The molecule has 0 aliphatic carbocycles. The zero-order chi connectivity index (χ0) is 36.3. The lowest BCUT2D eigenvalue weighted by Crippen LogP contribution is -2.36. The van der Waals surface area contributed by atoms with Crippen LogP contribution in [-0.4, -0.2) is 65.8 Å². The Kier molecular flexibility index (Phi) is 16.9. The van der Waals surface area contributed by atoms with Crippen molar-refractivity contribution < 1.29 is 23.3 Å². The number of hydrogen-bond acceptors (Lipinski definition) is 5. The average Bonchev–Trinajstić information content (AvgIpc) is 3.15. The van der Waals surface area contributed by atoms with Gasteiger partial charge in [0.2, 0.25) is 0 Å². The first-order valence-corrected chi connectivity index (χ1v) is 18.7. The average molecular weight is 693 g/mol. The van der Waals surface area contributed by atoms with Crippen LogP contribution in [0.2, 0.25) is 0 Å². The van der Waals surface area contributed by atoms with Crippen LogP contribution in [-0.2, 0) is 27.3 Å². The minimum absolute atomic E-state index is 0.565. The first kappa shape index (κ1) is 39.5. The number of hydrogen-bond donors (Lipinski definition) is 0. The Morgan fingerprint density at radius 3 is 1.16 bits per heavy atom. The molecule has 272 valence electrons. The number of ether oxygens (including phenoxy) is 3. The molecule has 0 aliphatic heterocycles. The summed E-state index contributed by atoms with van der Waals surface area (Å²) in [6, 6.07) is 21.9. The minimum Gasteiger partial charge on any atom is -0.377 e. The summed E-state index contributed by atoms with van der Waals surface area (Å²) in [6.45, 7) is 22.3. The van der Waals surface area contributed by atoms with Gasteiger partial charge in [0.15, 0.2) is 37.9 Å². The number of pyridine rings is 2. The molecule has 0 aliphatic rings. The van der Waals surface area contributed by atoms with Crippen molar-refractivity contribution in [3.63, 3.8) is 0 Å². The Bertz CT molecular complexity index is 1520. The quantitative estimate of drug-likeness (QED) is 0.0625. The van der Waals surface area contributed by atoms with E-state index in [2.05, 4.69) is 170 Å². The summed E-state index contributed by atoms with van der Waals surface area (Å²) in [5, 5.41) is 0. The fourth-order valence-corrected chi connectivity index (χ4v) is 6.02. The van der Waals surface area contributed by atoms with E-state index in [0.717, 1.165) is 39.3 Å². The van der Waals surface area contributed by atoms with Gasteiger partial charge in [-0.3, -0.25) is 0 Å². The molecular formula is C44H60N4O3+2. The van der Waals surface area contributed by atoms with E-state index in [4.69, 9.17) is 14.2 Å². The van der Waals surface area contributed by atoms with Crippen LogP contribution in [0.5, 0.6) is 0 Å². The summed E-state index contributed by atoms with van der Waals surface area (Å²) in [5.41, 5.74) is 9.87. The molecule has 51 heavy (non-hydrogen) atoms. The number of aryl methyl sites for hydroxylation is 2. The van der Waals surface area contributed by atoms with Gasteiger partial charge in [0.25, 0.3) is 0 Å². The molecule has 0 amide bonds. The SMILES string of the molecule is CCN(CC)c1ccc(/C=C/c2cc[n+](CCOCCOCCOCC[n+]3ccc(/C=C/c4ccc(N(CC)CC)cc4)c(C)c3)cc2C)cc1. The van der Waals surface area contributed by atoms with Gasteiger partial charge in [-0.15, -0.1) is 0 Å². The predicted molar refractivity (Wildman–Crippen MR) is 213 cm³/mol. The molecule has 0 atom stereocenters. The molecule has 0 radical (unpaired) electrons. The molecule has 4 rings (SSSR count). The molecule has 0 unspecified atom stereocenters. The van der Waals surface area contributed by atoms with E-state index in [9.17, 15) is 0 Å². The third kappa shape index (κ3) is 13.1. The van der Waals surface area contributed by atoms with Gasteiger partial charge in [0, 0.05) is 60.8 Å². The van der Waals surface area contributed by atoms with Gasteiger partial charge in [0.05, 0.1) is 26.4 Å². The van der Waals surface area contributed by atoms with E-state index < -0.39 is 0 Å². The van der Waals surface area contributed by atoms with Crippen molar-refractivity contribution in [1.29, 1.82) is 0 Å². The smallest absolute Gasteiger partial charge is 0.172 e. The number of anilines is 2. The molecule has 0 bridgehead atoms. The topological polar surface area (TPSA) is 41.9 Å². The second-order valence-corrected chi connectivity index (χ2v) is 12.7. The Labute approximate surface area is 307 Å². The lowest BCUT2D eigenvalue weighted by Gasteiger charge is -2.20. The third-order valence-corrected chi connectivity index (χ3v) is 9.21. The summed E-state index contributed by atoms with van der Waals surface area (Å²) in [5.74, 6) is 0. The molecule has 2 heterocycles. The standard InChI is InChI=1S/C44H60N4O3/c1-7-47(8-2)43-19-13-39(14-20-43)11-17-41-23-25-45(35-37(41)5)27-29-49-31-33-51-34-32-50-30-28-46-26-24-42(38(6)36-46)18-12-40-15-21-44(22-16-40)48(9-3)10-4/h11-26,35-36H,7-10,27-34H2,1-6H3/q+2. The highest BCUT2D eigenvalue weighted by Crippen LogP contribution is 2.18. The lowest BCUT2D eigenvalue weighted by molar-refractivity contribution is -0.698. The van der Waals surface area contributed by atoms with Crippen molar-refractivity contribution in [2.45, 2.75) is 54.6 Å². The molecule has 0 N–H and O–H groups in total. The van der Waals surface area contributed by atoms with Gasteiger partial charge in [-0.1, -0.05) is 48.6 Å². The molecule has 7 nitrogen and oxygen atoms in total. The zero-order valence-corrected chi connectivity index (χ0v) is 31.9. The maximum atomic E-state index is 5.81. The van der Waals surface area contributed by atoms with E-state index in [1.54, 1.807) is 0 Å². The summed E-state index contributed by atoms with van der Waals surface area (Å²) in [7, 11) is 0. The first-order valence-electron chi connectivity index (χ1n) is 18.7. The van der Waals surface area contributed by atoms with Crippen LogP contribution in [0.4, 0.5) is 11.4 Å². The van der Waals surface area contributed by atoms with Crippen molar-refractivity contribution in [3.8, 4) is 0 Å². The normalized spacial score (nSPS) is 11.6. The van der Waals surface area contributed by atoms with E-state index in [0.29, 0.717) is 39.6 Å². The summed E-state index contributed by atoms with van der Waals surface area (Å²) in [4.78, 5) is 4.72. The third-order valence-electron chi connectivity index (χ3n) is 9.21. The summed E-state index contributed by atoms with van der Waals surface area (Å²) < 4.78 is 21.7. The number of nitrogens with zero attached hydrogens (tertiary/aromatic N) is 4. The largest absolute Gasteiger partial charge is 0.377 e. The Balaban J connectivity index is 1.05. The number of aromatic nitrogens is 2. The van der Waals surface area contributed by atoms with Crippen molar-refractivity contribution in [2.24, 2.45) is 0 Å². The highest BCUT2D eigenvalue weighted by molar-refractivity contribution is 5.72. The second-order valence-electron chi connectivity index (χ2n) is 12.7. The number of rotatable bonds is 22. The monoisotopic (exact) mass is 692 g/mol. The highest BCUT2D eigenvalue weighted by Gasteiger charge is 2.07. The van der Waals surface area contributed by atoms with Crippen molar-refractivity contribution in [3.05, 3.63) is 119 Å². The Hall–Kier alpha value is -4.30. The van der Waals surface area contributed by atoms with Gasteiger partial charge >= 0.3 is 0 Å². The molecule has 4 aromatic rings. The van der Waals surface area contributed by atoms with Gasteiger partial charge in [-0.25, -0.2) is 9.13 Å².